The fraction of sp³-hybridized carbons (Fsp3) is 0.600. The molecule has 1 aromatic rings. The number of benzene rings is 1. The summed E-state index contributed by atoms with van der Waals surface area (Å²) in [4.78, 5) is 0. The van der Waals surface area contributed by atoms with Crippen molar-refractivity contribution in [3.05, 3.63) is 35.4 Å². The number of aryl methyl sites for hydroxylation is 1. The van der Waals surface area contributed by atoms with Gasteiger partial charge in [0.1, 0.15) is 0 Å². The van der Waals surface area contributed by atoms with Crippen LogP contribution in [-0.4, -0.2) is 33.0 Å². The van der Waals surface area contributed by atoms with E-state index in [4.69, 9.17) is 0 Å². The van der Waals surface area contributed by atoms with Crippen LogP contribution in [0, 0.1) is 12.3 Å². The largest absolute Gasteiger partial charge is 0.316 e. The van der Waals surface area contributed by atoms with Gasteiger partial charge in [0.05, 0.1) is 11.5 Å². The van der Waals surface area contributed by atoms with Crippen LogP contribution in [0.25, 0.3) is 0 Å². The van der Waals surface area contributed by atoms with Gasteiger partial charge in [-0.3, -0.25) is 0 Å². The van der Waals surface area contributed by atoms with Crippen LogP contribution in [0.1, 0.15) is 29.9 Å². The number of hydrogen-bond acceptors (Lipinski definition) is 3. The molecule has 2 fully saturated rings. The summed E-state index contributed by atoms with van der Waals surface area (Å²) in [5, 5.41) is 3.43. The van der Waals surface area contributed by atoms with E-state index in [-0.39, 0.29) is 5.41 Å². The zero-order valence-corrected chi connectivity index (χ0v) is 12.2. The van der Waals surface area contributed by atoms with Gasteiger partial charge in [0.25, 0.3) is 0 Å². The fourth-order valence-corrected chi connectivity index (χ4v) is 5.89. The Labute approximate surface area is 115 Å². The standard InChI is InChI=1S/C15H21NO2S/c1-12-2-4-13(5-3-12)14-10-16-8-6-15(14)7-9-19(17,18)11-15/h2-5,14,16H,6-11H2,1H3. The van der Waals surface area contributed by atoms with E-state index in [1.54, 1.807) is 0 Å². The van der Waals surface area contributed by atoms with E-state index in [0.717, 1.165) is 25.9 Å². The van der Waals surface area contributed by atoms with E-state index in [1.165, 1.54) is 11.1 Å². The lowest BCUT2D eigenvalue weighted by molar-refractivity contribution is 0.196. The third-order valence-electron chi connectivity index (χ3n) is 4.79. The molecule has 3 rings (SSSR count). The van der Waals surface area contributed by atoms with Crippen molar-refractivity contribution in [2.45, 2.75) is 25.7 Å². The summed E-state index contributed by atoms with van der Waals surface area (Å²) in [7, 11) is -2.83. The summed E-state index contributed by atoms with van der Waals surface area (Å²) in [6, 6.07) is 8.58. The molecule has 19 heavy (non-hydrogen) atoms. The molecule has 104 valence electrons. The highest BCUT2D eigenvalue weighted by molar-refractivity contribution is 7.91. The van der Waals surface area contributed by atoms with Crippen LogP contribution in [0.3, 0.4) is 0 Å². The zero-order valence-electron chi connectivity index (χ0n) is 11.4. The molecule has 4 heteroatoms. The van der Waals surface area contributed by atoms with Gasteiger partial charge < -0.3 is 5.32 Å². The van der Waals surface area contributed by atoms with Crippen molar-refractivity contribution in [3.63, 3.8) is 0 Å². The lowest BCUT2D eigenvalue weighted by atomic mass is 9.67. The Morgan fingerprint density at radius 1 is 1.21 bits per heavy atom. The van der Waals surface area contributed by atoms with E-state index in [1.807, 2.05) is 0 Å². The van der Waals surface area contributed by atoms with Crippen molar-refractivity contribution in [1.29, 1.82) is 0 Å². The molecule has 0 aromatic heterocycles. The lowest BCUT2D eigenvalue weighted by Crippen LogP contribution is -2.44. The minimum atomic E-state index is -2.83. The zero-order chi connectivity index (χ0) is 13.5. The smallest absolute Gasteiger partial charge is 0.150 e. The van der Waals surface area contributed by atoms with Gasteiger partial charge in [0.2, 0.25) is 0 Å². The number of rotatable bonds is 1. The Kier molecular flexibility index (Phi) is 3.18. The van der Waals surface area contributed by atoms with Crippen molar-refractivity contribution in [3.8, 4) is 0 Å². The van der Waals surface area contributed by atoms with Crippen LogP contribution < -0.4 is 5.32 Å². The Hall–Kier alpha value is -0.870. The minimum Gasteiger partial charge on any atom is -0.316 e. The van der Waals surface area contributed by atoms with Crippen molar-refractivity contribution < 1.29 is 8.42 Å². The molecule has 0 amide bonds. The maximum Gasteiger partial charge on any atom is 0.150 e. The van der Waals surface area contributed by atoms with Gasteiger partial charge in [-0.2, -0.15) is 0 Å². The highest BCUT2D eigenvalue weighted by Gasteiger charge is 2.48. The molecule has 2 aliphatic rings. The molecule has 1 N–H and O–H groups in total. The molecule has 2 unspecified atom stereocenters. The third-order valence-corrected chi connectivity index (χ3v) is 6.63. The minimum absolute atomic E-state index is 0.0284. The van der Waals surface area contributed by atoms with Crippen molar-refractivity contribution in [2.24, 2.45) is 5.41 Å². The predicted molar refractivity (Wildman–Crippen MR) is 77.1 cm³/mol. The van der Waals surface area contributed by atoms with Gasteiger partial charge >= 0.3 is 0 Å². The van der Waals surface area contributed by atoms with Crippen molar-refractivity contribution in [2.75, 3.05) is 24.6 Å². The molecule has 0 saturated carbocycles. The second kappa shape index (κ2) is 4.60. The van der Waals surface area contributed by atoms with Crippen molar-refractivity contribution in [1.82, 2.24) is 5.32 Å². The highest BCUT2D eigenvalue weighted by atomic mass is 32.2. The monoisotopic (exact) mass is 279 g/mol. The Morgan fingerprint density at radius 2 is 1.95 bits per heavy atom. The first kappa shape index (κ1) is 13.1. The molecule has 0 aliphatic carbocycles. The van der Waals surface area contributed by atoms with Crippen LogP contribution in [0.5, 0.6) is 0 Å². The van der Waals surface area contributed by atoms with Crippen molar-refractivity contribution >= 4 is 9.84 Å². The Morgan fingerprint density at radius 3 is 2.58 bits per heavy atom. The first-order chi connectivity index (χ1) is 9.01. The first-order valence-corrected chi connectivity index (χ1v) is 8.81. The molecule has 3 nitrogen and oxygen atoms in total. The predicted octanol–water partition coefficient (Wildman–Crippen LogP) is 1.88. The van der Waals surface area contributed by atoms with Crippen LogP contribution >= 0.6 is 0 Å². The Balaban J connectivity index is 1.96. The molecule has 0 radical (unpaired) electrons. The van der Waals surface area contributed by atoms with Gasteiger partial charge in [0, 0.05) is 12.5 Å². The van der Waals surface area contributed by atoms with Gasteiger partial charge in [-0.15, -0.1) is 0 Å². The molecule has 2 atom stereocenters. The summed E-state index contributed by atoms with van der Waals surface area (Å²) in [5.41, 5.74) is 2.51. The van der Waals surface area contributed by atoms with E-state index >= 15 is 0 Å². The highest BCUT2D eigenvalue weighted by Crippen LogP contribution is 2.48. The number of sulfone groups is 1. The summed E-state index contributed by atoms with van der Waals surface area (Å²) in [6.45, 7) is 3.93. The Bertz CT molecular complexity index is 564. The molecular formula is C15H21NO2S. The average Bonchev–Trinajstić information content (AvgIpc) is 2.67. The number of nitrogens with one attached hydrogen (secondary N) is 1. The summed E-state index contributed by atoms with van der Waals surface area (Å²) in [6.07, 6.45) is 1.81. The molecule has 2 aliphatic heterocycles. The topological polar surface area (TPSA) is 46.2 Å². The van der Waals surface area contributed by atoms with E-state index < -0.39 is 9.84 Å². The van der Waals surface area contributed by atoms with Gasteiger partial charge in [-0.05, 0) is 37.3 Å². The average molecular weight is 279 g/mol. The SMILES string of the molecule is Cc1ccc(C2CNCCC23CCS(=O)(=O)C3)cc1. The van der Waals surface area contributed by atoms with E-state index in [9.17, 15) is 8.42 Å². The van der Waals surface area contributed by atoms with Crippen LogP contribution in [0.15, 0.2) is 24.3 Å². The lowest BCUT2D eigenvalue weighted by Gasteiger charge is -2.41. The van der Waals surface area contributed by atoms with Crippen LogP contribution in [0.4, 0.5) is 0 Å². The molecule has 0 bridgehead atoms. The summed E-state index contributed by atoms with van der Waals surface area (Å²) < 4.78 is 23.8. The molecule has 1 aromatic carbocycles. The maximum atomic E-state index is 11.9. The molecular weight excluding hydrogens is 258 g/mol. The maximum absolute atomic E-state index is 11.9. The fourth-order valence-electron chi connectivity index (χ4n) is 3.66. The van der Waals surface area contributed by atoms with E-state index in [0.29, 0.717) is 17.4 Å². The normalized spacial score (nSPS) is 33.6. The number of hydrogen-bond donors (Lipinski definition) is 1. The first-order valence-electron chi connectivity index (χ1n) is 6.99. The molecule has 2 saturated heterocycles. The second-order valence-corrected chi connectivity index (χ2v) is 8.31. The van der Waals surface area contributed by atoms with Crippen LogP contribution in [0.2, 0.25) is 0 Å². The third kappa shape index (κ3) is 2.43. The second-order valence-electron chi connectivity index (χ2n) is 6.12. The van der Waals surface area contributed by atoms with Crippen LogP contribution in [-0.2, 0) is 9.84 Å². The molecule has 2 heterocycles. The quantitative estimate of drug-likeness (QED) is 0.854. The van der Waals surface area contributed by atoms with Gasteiger partial charge in [0.15, 0.2) is 9.84 Å². The van der Waals surface area contributed by atoms with E-state index in [2.05, 4.69) is 36.5 Å². The molecule has 1 spiro atoms. The van der Waals surface area contributed by atoms with Gasteiger partial charge in [-0.25, -0.2) is 8.42 Å². The summed E-state index contributed by atoms with van der Waals surface area (Å²) in [5.74, 6) is 1.08. The van der Waals surface area contributed by atoms with Gasteiger partial charge in [-0.1, -0.05) is 29.8 Å². The number of piperidine rings is 1. The summed E-state index contributed by atoms with van der Waals surface area (Å²) >= 11 is 0.